The van der Waals surface area contributed by atoms with E-state index in [1.54, 1.807) is 7.11 Å². The Hall–Kier alpha value is -2.49. The van der Waals surface area contributed by atoms with E-state index >= 15 is 0 Å². The zero-order valence-corrected chi connectivity index (χ0v) is 12.7. The third kappa shape index (κ3) is 3.06. The van der Waals surface area contributed by atoms with Gasteiger partial charge in [0.15, 0.2) is 0 Å². The normalized spacial score (nSPS) is 17.3. The van der Waals surface area contributed by atoms with Crippen LogP contribution in [-0.4, -0.2) is 24.6 Å². The molecule has 1 unspecified atom stereocenters. The van der Waals surface area contributed by atoms with Gasteiger partial charge in [0, 0.05) is 18.3 Å². The molecule has 0 bridgehead atoms. The highest BCUT2D eigenvalue weighted by molar-refractivity contribution is 5.90. The first-order chi connectivity index (χ1) is 10.8. The van der Waals surface area contributed by atoms with Crippen LogP contribution in [0.25, 0.3) is 0 Å². The molecule has 2 aromatic rings. The van der Waals surface area contributed by atoms with E-state index < -0.39 is 0 Å². The smallest absolute Gasteiger partial charge is 0.322 e. The van der Waals surface area contributed by atoms with Gasteiger partial charge in [-0.05, 0) is 30.5 Å². The van der Waals surface area contributed by atoms with Crippen molar-refractivity contribution in [2.24, 2.45) is 0 Å². The van der Waals surface area contributed by atoms with E-state index in [-0.39, 0.29) is 12.1 Å². The van der Waals surface area contributed by atoms with Crippen molar-refractivity contribution in [2.75, 3.05) is 19.0 Å². The quantitative estimate of drug-likeness (QED) is 0.928. The average Bonchev–Trinajstić information content (AvgIpc) is 3.05. The van der Waals surface area contributed by atoms with Crippen molar-refractivity contribution in [1.29, 1.82) is 0 Å². The van der Waals surface area contributed by atoms with Crippen LogP contribution in [0.2, 0.25) is 0 Å². The molecule has 1 saturated heterocycles. The van der Waals surface area contributed by atoms with Gasteiger partial charge in [-0.3, -0.25) is 0 Å². The van der Waals surface area contributed by atoms with Crippen LogP contribution in [0.4, 0.5) is 10.5 Å². The van der Waals surface area contributed by atoms with Crippen LogP contribution in [0, 0.1) is 0 Å². The fraction of sp³-hybridized carbons (Fsp3) is 0.278. The number of carbonyl (C=O) groups is 1. The van der Waals surface area contributed by atoms with Crippen molar-refractivity contribution in [1.82, 2.24) is 4.90 Å². The molecule has 1 heterocycles. The fourth-order valence-electron chi connectivity index (χ4n) is 2.93. The fourth-order valence-corrected chi connectivity index (χ4v) is 2.93. The van der Waals surface area contributed by atoms with E-state index in [2.05, 4.69) is 17.4 Å². The minimum absolute atomic E-state index is 0.0559. The van der Waals surface area contributed by atoms with Crippen LogP contribution in [0.3, 0.4) is 0 Å². The number of benzene rings is 2. The second-order valence-electron chi connectivity index (χ2n) is 5.42. The van der Waals surface area contributed by atoms with Crippen LogP contribution in [0.15, 0.2) is 54.6 Å². The lowest BCUT2D eigenvalue weighted by Gasteiger charge is -2.25. The summed E-state index contributed by atoms with van der Waals surface area (Å²) in [6.07, 6.45) is 2.04. The maximum absolute atomic E-state index is 12.6. The molecule has 0 spiro atoms. The van der Waals surface area contributed by atoms with Gasteiger partial charge < -0.3 is 15.0 Å². The second-order valence-corrected chi connectivity index (χ2v) is 5.42. The molecular formula is C18H20N2O2. The van der Waals surface area contributed by atoms with Crippen molar-refractivity contribution < 1.29 is 9.53 Å². The number of amides is 2. The summed E-state index contributed by atoms with van der Waals surface area (Å²) in [5, 5.41) is 2.97. The standard InChI is InChI=1S/C18H20N2O2/c1-22-16-10-5-9-15(13-16)19-18(21)20-12-6-11-17(20)14-7-3-2-4-8-14/h2-5,7-10,13,17H,6,11-12H2,1H3,(H,19,21). The van der Waals surface area contributed by atoms with Crippen molar-refractivity contribution in [3.8, 4) is 5.75 Å². The van der Waals surface area contributed by atoms with Gasteiger partial charge in [0.1, 0.15) is 5.75 Å². The Balaban J connectivity index is 1.73. The third-order valence-corrected chi connectivity index (χ3v) is 4.02. The van der Waals surface area contributed by atoms with Gasteiger partial charge in [-0.25, -0.2) is 4.79 Å². The van der Waals surface area contributed by atoms with Crippen LogP contribution < -0.4 is 10.1 Å². The van der Waals surface area contributed by atoms with E-state index in [1.165, 1.54) is 5.56 Å². The van der Waals surface area contributed by atoms with E-state index in [1.807, 2.05) is 47.4 Å². The molecular weight excluding hydrogens is 276 g/mol. The first-order valence-corrected chi connectivity index (χ1v) is 7.54. The number of carbonyl (C=O) groups excluding carboxylic acids is 1. The molecule has 3 rings (SSSR count). The second kappa shape index (κ2) is 6.52. The Morgan fingerprint density at radius 1 is 1.18 bits per heavy atom. The minimum atomic E-state index is -0.0559. The van der Waals surface area contributed by atoms with Crippen molar-refractivity contribution >= 4 is 11.7 Å². The summed E-state index contributed by atoms with van der Waals surface area (Å²) in [6.45, 7) is 0.787. The number of rotatable bonds is 3. The minimum Gasteiger partial charge on any atom is -0.497 e. The molecule has 1 fully saturated rings. The molecule has 0 aliphatic carbocycles. The first kappa shape index (κ1) is 14.4. The number of hydrogen-bond acceptors (Lipinski definition) is 2. The van der Waals surface area contributed by atoms with Crippen molar-refractivity contribution in [3.05, 3.63) is 60.2 Å². The first-order valence-electron chi connectivity index (χ1n) is 7.54. The zero-order chi connectivity index (χ0) is 15.4. The molecule has 1 aliphatic rings. The number of hydrogen-bond donors (Lipinski definition) is 1. The number of ether oxygens (including phenoxy) is 1. The number of likely N-dealkylation sites (tertiary alicyclic amines) is 1. The molecule has 2 aromatic carbocycles. The van der Waals surface area contributed by atoms with Crippen LogP contribution in [0.1, 0.15) is 24.4 Å². The lowest BCUT2D eigenvalue weighted by molar-refractivity contribution is 0.207. The molecule has 4 heteroatoms. The lowest BCUT2D eigenvalue weighted by atomic mass is 10.1. The summed E-state index contributed by atoms with van der Waals surface area (Å²) in [4.78, 5) is 14.5. The molecule has 0 aromatic heterocycles. The number of nitrogens with one attached hydrogen (secondary N) is 1. The van der Waals surface area contributed by atoms with Crippen molar-refractivity contribution in [2.45, 2.75) is 18.9 Å². The molecule has 0 radical (unpaired) electrons. The average molecular weight is 296 g/mol. The third-order valence-electron chi connectivity index (χ3n) is 4.02. The van der Waals surface area contributed by atoms with Gasteiger partial charge in [0.05, 0.1) is 13.2 Å². The molecule has 0 saturated carbocycles. The molecule has 1 atom stereocenters. The topological polar surface area (TPSA) is 41.6 Å². The van der Waals surface area contributed by atoms with Gasteiger partial charge in [0.2, 0.25) is 0 Å². The van der Waals surface area contributed by atoms with Gasteiger partial charge >= 0.3 is 6.03 Å². The van der Waals surface area contributed by atoms with Crippen molar-refractivity contribution in [3.63, 3.8) is 0 Å². The van der Waals surface area contributed by atoms with E-state index in [9.17, 15) is 4.79 Å². The number of nitrogens with zero attached hydrogens (tertiary/aromatic N) is 1. The van der Waals surface area contributed by atoms with Crippen LogP contribution in [0.5, 0.6) is 5.75 Å². The summed E-state index contributed by atoms with van der Waals surface area (Å²) >= 11 is 0. The van der Waals surface area contributed by atoms with Gasteiger partial charge in [0.25, 0.3) is 0 Å². The maximum atomic E-state index is 12.6. The van der Waals surface area contributed by atoms with E-state index in [0.717, 1.165) is 30.8 Å². The Labute approximate surface area is 130 Å². The van der Waals surface area contributed by atoms with Crippen LogP contribution in [-0.2, 0) is 0 Å². The van der Waals surface area contributed by atoms with Gasteiger partial charge in [-0.15, -0.1) is 0 Å². The highest BCUT2D eigenvalue weighted by Gasteiger charge is 2.29. The number of anilines is 1. The number of methoxy groups -OCH3 is 1. The summed E-state index contributed by atoms with van der Waals surface area (Å²) in [6, 6.07) is 17.7. The zero-order valence-electron chi connectivity index (χ0n) is 12.7. The summed E-state index contributed by atoms with van der Waals surface area (Å²) < 4.78 is 5.19. The summed E-state index contributed by atoms with van der Waals surface area (Å²) in [7, 11) is 1.62. The molecule has 2 amide bonds. The highest BCUT2D eigenvalue weighted by atomic mass is 16.5. The Bertz CT molecular complexity index is 643. The van der Waals surface area contributed by atoms with Crippen LogP contribution >= 0.6 is 0 Å². The maximum Gasteiger partial charge on any atom is 0.322 e. The predicted octanol–water partition coefficient (Wildman–Crippen LogP) is 4.06. The Kier molecular flexibility index (Phi) is 4.28. The molecule has 1 N–H and O–H groups in total. The van der Waals surface area contributed by atoms with Gasteiger partial charge in [-0.1, -0.05) is 36.4 Å². The molecule has 1 aliphatic heterocycles. The predicted molar refractivity (Wildman–Crippen MR) is 87.1 cm³/mol. The number of urea groups is 1. The largest absolute Gasteiger partial charge is 0.497 e. The Morgan fingerprint density at radius 2 is 2.00 bits per heavy atom. The molecule has 4 nitrogen and oxygen atoms in total. The van der Waals surface area contributed by atoms with E-state index in [4.69, 9.17) is 4.74 Å². The SMILES string of the molecule is COc1cccc(NC(=O)N2CCCC2c2ccccc2)c1. The Morgan fingerprint density at radius 3 is 2.77 bits per heavy atom. The lowest BCUT2D eigenvalue weighted by Crippen LogP contribution is -2.34. The highest BCUT2D eigenvalue weighted by Crippen LogP contribution is 2.32. The molecule has 114 valence electrons. The van der Waals surface area contributed by atoms with E-state index in [0.29, 0.717) is 0 Å². The van der Waals surface area contributed by atoms with Gasteiger partial charge in [-0.2, -0.15) is 0 Å². The summed E-state index contributed by atoms with van der Waals surface area (Å²) in [5.41, 5.74) is 1.95. The molecule has 22 heavy (non-hydrogen) atoms. The summed E-state index contributed by atoms with van der Waals surface area (Å²) in [5.74, 6) is 0.735. The monoisotopic (exact) mass is 296 g/mol.